The number of hydrogen-bond donors (Lipinski definition) is 1. The highest BCUT2D eigenvalue weighted by molar-refractivity contribution is 4.91. The van der Waals surface area contributed by atoms with Gasteiger partial charge in [0.1, 0.15) is 0 Å². The van der Waals surface area contributed by atoms with E-state index in [1.807, 2.05) is 17.9 Å². The van der Waals surface area contributed by atoms with Crippen LogP contribution in [0.3, 0.4) is 0 Å². The molecule has 1 saturated carbocycles. The molecule has 0 bridgehead atoms. The maximum Gasteiger partial charge on any atom is 0.0964 e. The molecule has 1 aromatic rings. The zero-order chi connectivity index (χ0) is 13.8. The molecular weight excluding hydrogens is 252 g/mol. The Morgan fingerprint density at radius 1 is 1.15 bits per heavy atom. The second kappa shape index (κ2) is 6.65. The predicted octanol–water partition coefficient (Wildman–Crippen LogP) is 0.0251. The summed E-state index contributed by atoms with van der Waals surface area (Å²) in [6, 6.07) is 0. The van der Waals surface area contributed by atoms with Crippen LogP contribution >= 0.6 is 0 Å². The summed E-state index contributed by atoms with van der Waals surface area (Å²) in [6.07, 6.45) is 4.96. The molecule has 0 unspecified atom stereocenters. The van der Waals surface area contributed by atoms with Crippen molar-refractivity contribution in [2.75, 3.05) is 46.3 Å². The highest BCUT2D eigenvalue weighted by atomic mass is 15.4. The molecule has 2 fully saturated rings. The fraction of sp³-hybridized carbons (Fsp3) is 0.857. The van der Waals surface area contributed by atoms with E-state index >= 15 is 0 Å². The third-order valence-corrected chi connectivity index (χ3v) is 4.27. The van der Waals surface area contributed by atoms with E-state index in [0.717, 1.165) is 31.2 Å². The van der Waals surface area contributed by atoms with Crippen molar-refractivity contribution in [1.82, 2.24) is 30.1 Å². The minimum atomic E-state index is 0.792. The lowest BCUT2D eigenvalue weighted by molar-refractivity contribution is 0.124. The third kappa shape index (κ3) is 4.01. The Bertz CT molecular complexity index is 406. The molecule has 0 aromatic carbocycles. The Morgan fingerprint density at radius 3 is 2.60 bits per heavy atom. The lowest BCUT2D eigenvalue weighted by Gasteiger charge is -2.34. The van der Waals surface area contributed by atoms with Crippen LogP contribution in [0.4, 0.5) is 0 Å². The molecule has 6 nitrogen and oxygen atoms in total. The molecule has 2 aliphatic rings. The van der Waals surface area contributed by atoms with E-state index in [0.29, 0.717) is 0 Å². The molecule has 20 heavy (non-hydrogen) atoms. The van der Waals surface area contributed by atoms with Crippen molar-refractivity contribution >= 4 is 0 Å². The molecule has 0 spiro atoms. The van der Waals surface area contributed by atoms with Crippen molar-refractivity contribution in [3.8, 4) is 0 Å². The largest absolute Gasteiger partial charge is 0.314 e. The van der Waals surface area contributed by atoms with Gasteiger partial charge in [0.05, 0.1) is 12.2 Å². The summed E-state index contributed by atoms with van der Waals surface area (Å²) in [5.74, 6) is 1.02. The molecule has 1 aliphatic heterocycles. The fourth-order valence-electron chi connectivity index (χ4n) is 2.81. The van der Waals surface area contributed by atoms with E-state index in [4.69, 9.17) is 0 Å². The molecular formula is C14H26N6. The molecule has 112 valence electrons. The average molecular weight is 278 g/mol. The van der Waals surface area contributed by atoms with Gasteiger partial charge in [-0.1, -0.05) is 5.21 Å². The summed E-state index contributed by atoms with van der Waals surface area (Å²) in [6.45, 7) is 9.02. The molecule has 1 aliphatic carbocycles. The van der Waals surface area contributed by atoms with Crippen molar-refractivity contribution in [1.29, 1.82) is 0 Å². The smallest absolute Gasteiger partial charge is 0.0964 e. The highest BCUT2D eigenvalue weighted by Crippen LogP contribution is 2.29. The Hall–Kier alpha value is -0.980. The van der Waals surface area contributed by atoms with Crippen LogP contribution in [0, 0.1) is 5.92 Å². The first-order valence-electron chi connectivity index (χ1n) is 7.82. The van der Waals surface area contributed by atoms with Crippen LogP contribution in [0.15, 0.2) is 6.20 Å². The van der Waals surface area contributed by atoms with E-state index in [1.165, 1.54) is 45.6 Å². The third-order valence-electron chi connectivity index (χ3n) is 4.27. The van der Waals surface area contributed by atoms with E-state index in [1.54, 1.807) is 0 Å². The molecule has 0 radical (unpaired) electrons. The number of nitrogens with one attached hydrogen (secondary N) is 1. The minimum absolute atomic E-state index is 0.792. The van der Waals surface area contributed by atoms with Crippen LogP contribution in [0.5, 0.6) is 0 Å². The van der Waals surface area contributed by atoms with Crippen LogP contribution in [-0.2, 0) is 13.1 Å². The van der Waals surface area contributed by atoms with Gasteiger partial charge < -0.3 is 10.2 Å². The number of piperazine rings is 1. The summed E-state index contributed by atoms with van der Waals surface area (Å²) in [7, 11) is 1.93. The molecule has 0 atom stereocenters. The van der Waals surface area contributed by atoms with E-state index in [2.05, 4.69) is 25.4 Å². The van der Waals surface area contributed by atoms with Gasteiger partial charge in [0.2, 0.25) is 0 Å². The Labute approximate surface area is 121 Å². The van der Waals surface area contributed by atoms with Crippen LogP contribution < -0.4 is 5.32 Å². The van der Waals surface area contributed by atoms with E-state index in [9.17, 15) is 0 Å². The normalized spacial score (nSPS) is 21.4. The SMILES string of the molecule is CNCc1cn(CCN2CCN(CC3CC3)CC2)nn1. The monoisotopic (exact) mass is 278 g/mol. The van der Waals surface area contributed by atoms with Crippen molar-refractivity contribution < 1.29 is 0 Å². The lowest BCUT2D eigenvalue weighted by atomic mass is 10.3. The first-order chi connectivity index (χ1) is 9.83. The number of aromatic nitrogens is 3. The van der Waals surface area contributed by atoms with Crippen molar-refractivity contribution in [3.63, 3.8) is 0 Å². The summed E-state index contributed by atoms with van der Waals surface area (Å²) in [5.41, 5.74) is 1.02. The molecule has 0 amide bonds. The Morgan fingerprint density at radius 2 is 1.90 bits per heavy atom. The average Bonchev–Trinajstić information content (AvgIpc) is 3.16. The lowest BCUT2D eigenvalue weighted by Crippen LogP contribution is -2.47. The zero-order valence-electron chi connectivity index (χ0n) is 12.5. The van der Waals surface area contributed by atoms with Crippen LogP contribution in [0.1, 0.15) is 18.5 Å². The second-order valence-electron chi connectivity index (χ2n) is 6.09. The van der Waals surface area contributed by atoms with E-state index in [-0.39, 0.29) is 0 Å². The Balaban J connectivity index is 1.36. The second-order valence-corrected chi connectivity index (χ2v) is 6.09. The molecule has 2 heterocycles. The standard InChI is InChI=1S/C14H26N6/c1-15-10-14-12-20(17-16-14)9-8-18-4-6-19(7-5-18)11-13-2-3-13/h12-13,15H,2-11H2,1H3. The number of nitrogens with zero attached hydrogens (tertiary/aromatic N) is 5. The molecule has 1 aromatic heterocycles. The minimum Gasteiger partial charge on any atom is -0.314 e. The molecule has 3 rings (SSSR count). The summed E-state index contributed by atoms with van der Waals surface area (Å²) in [4.78, 5) is 5.18. The van der Waals surface area contributed by atoms with Crippen molar-refractivity contribution in [2.24, 2.45) is 5.92 Å². The maximum atomic E-state index is 4.17. The first kappa shape index (κ1) is 14.0. The van der Waals surface area contributed by atoms with Crippen molar-refractivity contribution in [2.45, 2.75) is 25.9 Å². The zero-order valence-corrected chi connectivity index (χ0v) is 12.5. The summed E-state index contributed by atoms with van der Waals surface area (Å²) < 4.78 is 1.96. The van der Waals surface area contributed by atoms with Gasteiger partial charge in [0.15, 0.2) is 0 Å². The number of hydrogen-bond acceptors (Lipinski definition) is 5. The molecule has 1 N–H and O–H groups in total. The van der Waals surface area contributed by atoms with Gasteiger partial charge in [-0.25, -0.2) is 0 Å². The van der Waals surface area contributed by atoms with Crippen LogP contribution in [-0.4, -0.2) is 71.1 Å². The predicted molar refractivity (Wildman–Crippen MR) is 78.4 cm³/mol. The van der Waals surface area contributed by atoms with Crippen molar-refractivity contribution in [3.05, 3.63) is 11.9 Å². The molecule has 6 heteroatoms. The maximum absolute atomic E-state index is 4.17. The van der Waals surface area contributed by atoms with Crippen LogP contribution in [0.25, 0.3) is 0 Å². The quantitative estimate of drug-likeness (QED) is 0.762. The van der Waals surface area contributed by atoms with Gasteiger partial charge in [-0.3, -0.25) is 9.58 Å². The Kier molecular flexibility index (Phi) is 4.65. The number of rotatable bonds is 7. The highest BCUT2D eigenvalue weighted by Gasteiger charge is 2.26. The van der Waals surface area contributed by atoms with Gasteiger partial charge >= 0.3 is 0 Å². The first-order valence-corrected chi connectivity index (χ1v) is 7.82. The van der Waals surface area contributed by atoms with E-state index < -0.39 is 0 Å². The topological polar surface area (TPSA) is 49.2 Å². The van der Waals surface area contributed by atoms with Gasteiger partial charge in [-0.15, -0.1) is 5.10 Å². The van der Waals surface area contributed by atoms with Gasteiger partial charge in [-0.05, 0) is 25.8 Å². The van der Waals surface area contributed by atoms with Crippen LogP contribution in [0.2, 0.25) is 0 Å². The van der Waals surface area contributed by atoms with Gasteiger partial charge in [0, 0.05) is 52.0 Å². The van der Waals surface area contributed by atoms with Gasteiger partial charge in [0.25, 0.3) is 0 Å². The fourth-order valence-corrected chi connectivity index (χ4v) is 2.81. The van der Waals surface area contributed by atoms with Gasteiger partial charge in [-0.2, -0.15) is 0 Å². The summed E-state index contributed by atoms with van der Waals surface area (Å²) >= 11 is 0. The molecule has 1 saturated heterocycles. The summed E-state index contributed by atoms with van der Waals surface area (Å²) in [5, 5.41) is 11.4.